The van der Waals surface area contributed by atoms with E-state index in [1.54, 1.807) is 6.07 Å². The molecule has 0 bridgehead atoms. The van der Waals surface area contributed by atoms with Crippen molar-refractivity contribution in [2.24, 2.45) is 5.92 Å². The number of nitro groups is 1. The van der Waals surface area contributed by atoms with E-state index >= 15 is 0 Å². The summed E-state index contributed by atoms with van der Waals surface area (Å²) in [5.74, 6) is 1.00. The molecule has 0 aromatic heterocycles. The minimum absolute atomic E-state index is 0.0553. The van der Waals surface area contributed by atoms with Crippen LogP contribution in [0.25, 0.3) is 0 Å². The highest BCUT2D eigenvalue weighted by Gasteiger charge is 2.15. The molecule has 1 rings (SSSR count). The molecule has 1 unspecified atom stereocenters. The topological polar surface area (TPSA) is 64.4 Å². The van der Waals surface area contributed by atoms with E-state index < -0.39 is 0 Å². The number of non-ortho nitro benzene ring substituents is 1. The van der Waals surface area contributed by atoms with Crippen molar-refractivity contribution in [3.63, 3.8) is 0 Å². The maximum atomic E-state index is 11.0. The summed E-state index contributed by atoms with van der Waals surface area (Å²) < 4.78 is 5.52. The third-order valence-electron chi connectivity index (χ3n) is 3.17. The third-order valence-corrected chi connectivity index (χ3v) is 3.17. The Bertz CT molecular complexity index is 447. The van der Waals surface area contributed by atoms with Gasteiger partial charge in [0.2, 0.25) is 0 Å². The van der Waals surface area contributed by atoms with Gasteiger partial charge in [0, 0.05) is 23.9 Å². The number of rotatable bonds is 8. The zero-order valence-electron chi connectivity index (χ0n) is 12.7. The highest BCUT2D eigenvalue weighted by molar-refractivity contribution is 5.56. The SMILES string of the molecule is CCCOc1cc(NC(CC)C(C)C)cc([N+](=O)[O-])c1. The smallest absolute Gasteiger partial charge is 0.275 e. The molecule has 0 radical (unpaired) electrons. The van der Waals surface area contributed by atoms with Gasteiger partial charge in [0.25, 0.3) is 5.69 Å². The van der Waals surface area contributed by atoms with Crippen molar-refractivity contribution in [2.75, 3.05) is 11.9 Å². The number of ether oxygens (including phenoxy) is 1. The quantitative estimate of drug-likeness (QED) is 0.571. The summed E-state index contributed by atoms with van der Waals surface area (Å²) in [5, 5.41) is 14.3. The second-order valence-corrected chi connectivity index (χ2v) is 5.22. The summed E-state index contributed by atoms with van der Waals surface area (Å²) in [6, 6.07) is 5.14. The van der Waals surface area contributed by atoms with E-state index in [-0.39, 0.29) is 16.7 Å². The van der Waals surface area contributed by atoms with Crippen LogP contribution >= 0.6 is 0 Å². The van der Waals surface area contributed by atoms with Gasteiger partial charge < -0.3 is 10.1 Å². The van der Waals surface area contributed by atoms with E-state index in [2.05, 4.69) is 26.1 Å². The van der Waals surface area contributed by atoms with Crippen LogP contribution in [0.4, 0.5) is 11.4 Å². The van der Waals surface area contributed by atoms with E-state index in [0.717, 1.165) is 18.5 Å². The van der Waals surface area contributed by atoms with E-state index in [9.17, 15) is 10.1 Å². The summed E-state index contributed by atoms with van der Waals surface area (Å²) in [6.07, 6.45) is 1.83. The molecule has 0 aliphatic heterocycles. The fraction of sp³-hybridized carbons (Fsp3) is 0.600. The van der Waals surface area contributed by atoms with Crippen LogP contribution in [0.3, 0.4) is 0 Å². The largest absolute Gasteiger partial charge is 0.493 e. The van der Waals surface area contributed by atoms with Crippen molar-refractivity contribution in [2.45, 2.75) is 46.6 Å². The van der Waals surface area contributed by atoms with Gasteiger partial charge in [-0.05, 0) is 18.8 Å². The minimum Gasteiger partial charge on any atom is -0.493 e. The lowest BCUT2D eigenvalue weighted by molar-refractivity contribution is -0.384. The number of nitrogens with zero attached hydrogens (tertiary/aromatic N) is 1. The van der Waals surface area contributed by atoms with Gasteiger partial charge in [-0.1, -0.05) is 27.7 Å². The highest BCUT2D eigenvalue weighted by Crippen LogP contribution is 2.27. The molecule has 0 fully saturated rings. The molecule has 0 saturated carbocycles. The Morgan fingerprint density at radius 2 is 2.00 bits per heavy atom. The van der Waals surface area contributed by atoms with Crippen molar-refractivity contribution in [3.8, 4) is 5.75 Å². The molecular formula is C15H24N2O3. The van der Waals surface area contributed by atoms with Crippen LogP contribution in [0.1, 0.15) is 40.5 Å². The molecule has 20 heavy (non-hydrogen) atoms. The van der Waals surface area contributed by atoms with Crippen molar-refractivity contribution in [1.82, 2.24) is 0 Å². The Hall–Kier alpha value is -1.78. The monoisotopic (exact) mass is 280 g/mol. The third kappa shape index (κ3) is 4.72. The zero-order chi connectivity index (χ0) is 15.1. The first-order valence-electron chi connectivity index (χ1n) is 7.16. The Morgan fingerprint density at radius 1 is 1.30 bits per heavy atom. The fourth-order valence-electron chi connectivity index (χ4n) is 2.03. The molecule has 1 N–H and O–H groups in total. The fourth-order valence-corrected chi connectivity index (χ4v) is 2.03. The van der Waals surface area contributed by atoms with Crippen LogP contribution < -0.4 is 10.1 Å². The second-order valence-electron chi connectivity index (χ2n) is 5.22. The molecule has 0 spiro atoms. The normalized spacial score (nSPS) is 12.2. The molecular weight excluding hydrogens is 256 g/mol. The summed E-state index contributed by atoms with van der Waals surface area (Å²) in [4.78, 5) is 10.6. The van der Waals surface area contributed by atoms with Crippen LogP contribution in [0.5, 0.6) is 5.75 Å². The minimum atomic E-state index is -0.389. The molecule has 5 heteroatoms. The summed E-state index contributed by atoms with van der Waals surface area (Å²) in [7, 11) is 0. The number of benzene rings is 1. The van der Waals surface area contributed by atoms with Gasteiger partial charge in [0.15, 0.2) is 0 Å². The predicted molar refractivity (Wildman–Crippen MR) is 81.4 cm³/mol. The molecule has 0 aliphatic carbocycles. The number of hydrogen-bond donors (Lipinski definition) is 1. The van der Waals surface area contributed by atoms with Crippen LogP contribution in [-0.4, -0.2) is 17.6 Å². The summed E-state index contributed by atoms with van der Waals surface area (Å²) in [6.45, 7) is 8.92. The Labute approximate surface area is 120 Å². The molecule has 1 aromatic carbocycles. The van der Waals surface area contributed by atoms with Gasteiger partial charge in [-0.25, -0.2) is 0 Å². The van der Waals surface area contributed by atoms with Gasteiger partial charge in [-0.2, -0.15) is 0 Å². The van der Waals surface area contributed by atoms with E-state index in [1.807, 2.05) is 13.0 Å². The number of hydrogen-bond acceptors (Lipinski definition) is 4. The summed E-state index contributed by atoms with van der Waals surface area (Å²) >= 11 is 0. The first-order chi connectivity index (χ1) is 9.47. The molecule has 1 atom stereocenters. The molecule has 112 valence electrons. The lowest BCUT2D eigenvalue weighted by atomic mass is 10.0. The van der Waals surface area contributed by atoms with Gasteiger partial charge >= 0.3 is 0 Å². The zero-order valence-corrected chi connectivity index (χ0v) is 12.7. The van der Waals surface area contributed by atoms with E-state index in [4.69, 9.17) is 4.74 Å². The second kappa shape index (κ2) is 7.72. The van der Waals surface area contributed by atoms with E-state index in [0.29, 0.717) is 18.3 Å². The van der Waals surface area contributed by atoms with Crippen LogP contribution in [0.2, 0.25) is 0 Å². The van der Waals surface area contributed by atoms with Gasteiger partial charge in [0.05, 0.1) is 17.6 Å². The molecule has 1 aromatic rings. The lowest BCUT2D eigenvalue weighted by Crippen LogP contribution is -2.24. The van der Waals surface area contributed by atoms with Gasteiger partial charge in [-0.3, -0.25) is 10.1 Å². The van der Waals surface area contributed by atoms with Crippen LogP contribution in [-0.2, 0) is 0 Å². The molecule has 0 amide bonds. The molecule has 0 aliphatic rings. The van der Waals surface area contributed by atoms with Crippen LogP contribution in [0.15, 0.2) is 18.2 Å². The molecule has 5 nitrogen and oxygen atoms in total. The number of nitrogens with one attached hydrogen (secondary N) is 1. The average Bonchev–Trinajstić information content (AvgIpc) is 2.41. The lowest BCUT2D eigenvalue weighted by Gasteiger charge is -2.22. The average molecular weight is 280 g/mol. The highest BCUT2D eigenvalue weighted by atomic mass is 16.6. The van der Waals surface area contributed by atoms with Crippen molar-refractivity contribution in [1.29, 1.82) is 0 Å². The first kappa shape index (κ1) is 16.3. The van der Waals surface area contributed by atoms with Gasteiger partial charge in [0.1, 0.15) is 5.75 Å². The standard InChI is InChI=1S/C15H24N2O3/c1-5-7-20-14-9-12(8-13(10-14)17(18)19)16-15(6-2)11(3)4/h8-11,15-16H,5-7H2,1-4H3. The number of nitro benzene ring substituents is 1. The van der Waals surface area contributed by atoms with Gasteiger partial charge in [-0.15, -0.1) is 0 Å². The predicted octanol–water partition coefficient (Wildman–Crippen LogP) is 4.23. The Morgan fingerprint density at radius 3 is 2.50 bits per heavy atom. The Balaban J connectivity index is 2.98. The first-order valence-corrected chi connectivity index (χ1v) is 7.16. The molecule has 0 saturated heterocycles. The van der Waals surface area contributed by atoms with Crippen LogP contribution in [0, 0.1) is 16.0 Å². The maximum Gasteiger partial charge on any atom is 0.275 e. The van der Waals surface area contributed by atoms with Crippen molar-refractivity contribution >= 4 is 11.4 Å². The maximum absolute atomic E-state index is 11.0. The van der Waals surface area contributed by atoms with Crippen molar-refractivity contribution in [3.05, 3.63) is 28.3 Å². The molecule has 0 heterocycles. The Kier molecular flexibility index (Phi) is 6.28. The summed E-state index contributed by atoms with van der Waals surface area (Å²) in [5.41, 5.74) is 0.797. The van der Waals surface area contributed by atoms with Crippen molar-refractivity contribution < 1.29 is 9.66 Å². The number of anilines is 1. The van der Waals surface area contributed by atoms with E-state index in [1.165, 1.54) is 6.07 Å².